The number of nitrogens with zero attached hydrogens (tertiary/aromatic N) is 3. The van der Waals surface area contributed by atoms with Gasteiger partial charge in [0.05, 0.1) is 19.7 Å². The van der Waals surface area contributed by atoms with Crippen molar-refractivity contribution in [1.29, 1.82) is 0 Å². The highest BCUT2D eigenvalue weighted by Crippen LogP contribution is 2.30. The standard InChI is InChI=1S/C25H32N6O2S/c1-31(2)23-19-7-5-6-8-20(19)29-24(30-23)26-16-9-11-17(12-10-16)27-25(34)28-18-13-14-21(32-3)22(15-18)33-4/h5-8,13-17H,9-12H2,1-4H3,(H,26,29,30)(H2,27,28,34)/t16-,17+. The number of para-hydroxylation sites is 1. The van der Waals surface area contributed by atoms with Gasteiger partial charge in [-0.1, -0.05) is 12.1 Å². The van der Waals surface area contributed by atoms with Crippen LogP contribution in [0, 0.1) is 0 Å². The molecule has 2 aromatic carbocycles. The molecule has 1 fully saturated rings. The molecular weight excluding hydrogens is 448 g/mol. The molecule has 0 saturated heterocycles. The number of hydrogen-bond acceptors (Lipinski definition) is 7. The van der Waals surface area contributed by atoms with E-state index in [-0.39, 0.29) is 0 Å². The maximum absolute atomic E-state index is 5.54. The van der Waals surface area contributed by atoms with Crippen LogP contribution in [0.3, 0.4) is 0 Å². The molecule has 34 heavy (non-hydrogen) atoms. The Labute approximate surface area is 206 Å². The molecule has 1 aliphatic rings. The largest absolute Gasteiger partial charge is 0.493 e. The fourth-order valence-corrected chi connectivity index (χ4v) is 4.58. The van der Waals surface area contributed by atoms with E-state index in [1.54, 1.807) is 14.2 Å². The number of ether oxygens (including phenoxy) is 2. The van der Waals surface area contributed by atoms with Gasteiger partial charge in [0.15, 0.2) is 16.6 Å². The van der Waals surface area contributed by atoms with Gasteiger partial charge in [0, 0.05) is 43.3 Å². The van der Waals surface area contributed by atoms with Crippen LogP contribution >= 0.6 is 12.2 Å². The van der Waals surface area contributed by atoms with Gasteiger partial charge in [-0.25, -0.2) is 4.98 Å². The third-order valence-electron chi connectivity index (χ3n) is 6.04. The van der Waals surface area contributed by atoms with Gasteiger partial charge in [-0.2, -0.15) is 4.98 Å². The Hall–Kier alpha value is -3.33. The van der Waals surface area contributed by atoms with Gasteiger partial charge in [0.2, 0.25) is 5.95 Å². The molecule has 0 amide bonds. The number of benzene rings is 2. The van der Waals surface area contributed by atoms with Crippen molar-refractivity contribution in [2.45, 2.75) is 37.8 Å². The van der Waals surface area contributed by atoms with Crippen LogP contribution in [0.4, 0.5) is 17.5 Å². The molecule has 180 valence electrons. The molecule has 8 nitrogen and oxygen atoms in total. The monoisotopic (exact) mass is 480 g/mol. The lowest BCUT2D eigenvalue weighted by Gasteiger charge is -2.30. The molecule has 3 N–H and O–H groups in total. The Balaban J connectivity index is 1.31. The number of hydrogen-bond donors (Lipinski definition) is 3. The minimum absolute atomic E-state index is 0.327. The zero-order valence-electron chi connectivity index (χ0n) is 20.1. The van der Waals surface area contributed by atoms with Crippen molar-refractivity contribution in [3.8, 4) is 11.5 Å². The normalized spacial score (nSPS) is 17.6. The maximum Gasteiger partial charge on any atom is 0.225 e. The summed E-state index contributed by atoms with van der Waals surface area (Å²) in [5.74, 6) is 2.96. The molecule has 0 unspecified atom stereocenters. The van der Waals surface area contributed by atoms with E-state index in [9.17, 15) is 0 Å². The van der Waals surface area contributed by atoms with Crippen LogP contribution in [0.2, 0.25) is 0 Å². The summed E-state index contributed by atoms with van der Waals surface area (Å²) in [6.45, 7) is 0. The summed E-state index contributed by atoms with van der Waals surface area (Å²) < 4.78 is 10.7. The van der Waals surface area contributed by atoms with Crippen LogP contribution in [0.15, 0.2) is 42.5 Å². The molecule has 1 aromatic heterocycles. The molecule has 0 spiro atoms. The van der Waals surface area contributed by atoms with Gasteiger partial charge >= 0.3 is 0 Å². The third-order valence-corrected chi connectivity index (χ3v) is 6.26. The van der Waals surface area contributed by atoms with E-state index in [0.29, 0.717) is 34.6 Å². The first-order chi connectivity index (χ1) is 16.5. The summed E-state index contributed by atoms with van der Waals surface area (Å²) >= 11 is 5.54. The highest BCUT2D eigenvalue weighted by Gasteiger charge is 2.23. The smallest absolute Gasteiger partial charge is 0.225 e. The number of fused-ring (bicyclic) bond motifs is 1. The summed E-state index contributed by atoms with van der Waals surface area (Å²) in [6.07, 6.45) is 4.06. The second-order valence-electron chi connectivity index (χ2n) is 8.64. The van der Waals surface area contributed by atoms with Crippen molar-refractivity contribution in [2.24, 2.45) is 0 Å². The lowest BCUT2D eigenvalue weighted by Crippen LogP contribution is -2.42. The van der Waals surface area contributed by atoms with Crippen LogP contribution in [-0.2, 0) is 0 Å². The number of rotatable bonds is 7. The van der Waals surface area contributed by atoms with Gasteiger partial charge in [-0.3, -0.25) is 0 Å². The van der Waals surface area contributed by atoms with Crippen molar-refractivity contribution in [1.82, 2.24) is 15.3 Å². The molecule has 0 atom stereocenters. The molecule has 0 bridgehead atoms. The average Bonchev–Trinajstić information content (AvgIpc) is 2.84. The molecule has 1 heterocycles. The van der Waals surface area contributed by atoms with Crippen molar-refractivity contribution in [2.75, 3.05) is 43.8 Å². The lowest BCUT2D eigenvalue weighted by molar-refractivity contribution is 0.355. The number of anilines is 3. The highest BCUT2D eigenvalue weighted by molar-refractivity contribution is 7.80. The van der Waals surface area contributed by atoms with E-state index in [1.807, 2.05) is 55.4 Å². The van der Waals surface area contributed by atoms with Crippen LogP contribution in [0.25, 0.3) is 10.9 Å². The van der Waals surface area contributed by atoms with E-state index in [0.717, 1.165) is 48.1 Å². The Morgan fingerprint density at radius 3 is 2.35 bits per heavy atom. The maximum atomic E-state index is 5.54. The first kappa shape index (κ1) is 23.8. The topological polar surface area (TPSA) is 83.6 Å². The van der Waals surface area contributed by atoms with Gasteiger partial charge in [-0.15, -0.1) is 0 Å². The Bertz CT molecular complexity index is 1150. The summed E-state index contributed by atoms with van der Waals surface area (Å²) in [5.41, 5.74) is 1.81. The van der Waals surface area contributed by atoms with Gasteiger partial charge in [-0.05, 0) is 62.2 Å². The van der Waals surface area contributed by atoms with E-state index in [4.69, 9.17) is 31.7 Å². The predicted octanol–water partition coefficient (Wildman–Crippen LogP) is 4.42. The second kappa shape index (κ2) is 10.7. The molecule has 9 heteroatoms. The SMILES string of the molecule is COc1ccc(NC(=S)N[C@H]2CC[C@@H](Nc3nc(N(C)C)c4ccccc4n3)CC2)cc1OC. The molecule has 1 aliphatic carbocycles. The lowest BCUT2D eigenvalue weighted by atomic mass is 9.91. The summed E-state index contributed by atoms with van der Waals surface area (Å²) in [5, 5.41) is 11.9. The Morgan fingerprint density at radius 2 is 1.65 bits per heavy atom. The van der Waals surface area contributed by atoms with Crippen LogP contribution in [0.5, 0.6) is 11.5 Å². The second-order valence-corrected chi connectivity index (χ2v) is 9.05. The van der Waals surface area contributed by atoms with Crippen LogP contribution in [-0.4, -0.2) is 55.5 Å². The first-order valence-electron chi connectivity index (χ1n) is 11.5. The molecular formula is C25H32N6O2S. The number of nitrogens with one attached hydrogen (secondary N) is 3. The summed E-state index contributed by atoms with van der Waals surface area (Å²) in [7, 11) is 7.26. The molecule has 0 radical (unpaired) electrons. The number of thiocarbonyl (C=S) groups is 1. The van der Waals surface area contributed by atoms with Gasteiger partial charge in [0.25, 0.3) is 0 Å². The van der Waals surface area contributed by atoms with Crippen molar-refractivity contribution < 1.29 is 9.47 Å². The highest BCUT2D eigenvalue weighted by atomic mass is 32.1. The van der Waals surface area contributed by atoms with Gasteiger partial charge < -0.3 is 30.3 Å². The molecule has 1 saturated carbocycles. The van der Waals surface area contributed by atoms with Crippen LogP contribution < -0.4 is 30.3 Å². The number of aromatic nitrogens is 2. The quantitative estimate of drug-likeness (QED) is 0.426. The van der Waals surface area contributed by atoms with E-state index in [2.05, 4.69) is 22.0 Å². The summed E-state index contributed by atoms with van der Waals surface area (Å²) in [6, 6.07) is 14.4. The van der Waals surface area contributed by atoms with Crippen molar-refractivity contribution >= 4 is 45.7 Å². The molecule has 4 rings (SSSR count). The summed E-state index contributed by atoms with van der Waals surface area (Å²) in [4.78, 5) is 11.5. The predicted molar refractivity (Wildman–Crippen MR) is 142 cm³/mol. The van der Waals surface area contributed by atoms with E-state index in [1.165, 1.54) is 0 Å². The first-order valence-corrected chi connectivity index (χ1v) is 11.9. The van der Waals surface area contributed by atoms with E-state index >= 15 is 0 Å². The minimum Gasteiger partial charge on any atom is -0.493 e. The van der Waals surface area contributed by atoms with E-state index < -0.39 is 0 Å². The zero-order valence-corrected chi connectivity index (χ0v) is 20.9. The molecule has 3 aromatic rings. The fourth-order valence-electron chi connectivity index (χ4n) is 4.30. The third kappa shape index (κ3) is 5.59. The Kier molecular flexibility index (Phi) is 7.52. The minimum atomic E-state index is 0.327. The van der Waals surface area contributed by atoms with Crippen molar-refractivity contribution in [3.63, 3.8) is 0 Å². The Morgan fingerprint density at radius 1 is 0.941 bits per heavy atom. The number of methoxy groups -OCH3 is 2. The van der Waals surface area contributed by atoms with Gasteiger partial charge in [0.1, 0.15) is 5.82 Å². The van der Waals surface area contributed by atoms with Crippen molar-refractivity contribution in [3.05, 3.63) is 42.5 Å². The molecule has 0 aliphatic heterocycles. The fraction of sp³-hybridized carbons (Fsp3) is 0.400. The average molecular weight is 481 g/mol. The van der Waals surface area contributed by atoms with Crippen LogP contribution in [0.1, 0.15) is 25.7 Å². The zero-order chi connectivity index (χ0) is 24.1.